The minimum Gasteiger partial charge on any atom is -0.462 e. The van der Waals surface area contributed by atoms with Crippen LogP contribution in [-0.2, 0) is 18.3 Å². The Hall–Kier alpha value is -1.36. The molecule has 0 N–H and O–H groups in total. The van der Waals surface area contributed by atoms with Crippen LogP contribution >= 0.6 is 0 Å². The molecule has 0 aliphatic rings. The Morgan fingerprint density at radius 3 is 2.63 bits per heavy atom. The Morgan fingerprint density at radius 2 is 2.11 bits per heavy atom. The van der Waals surface area contributed by atoms with Crippen LogP contribution in [0.1, 0.15) is 50.2 Å². The highest BCUT2D eigenvalue weighted by Gasteiger charge is 2.25. The maximum absolute atomic E-state index is 11.9. The van der Waals surface area contributed by atoms with Crippen molar-refractivity contribution in [2.45, 2.75) is 46.2 Å². The van der Waals surface area contributed by atoms with Gasteiger partial charge in [-0.1, -0.05) is 6.92 Å². The molecule has 1 aromatic rings. The molecule has 0 fully saturated rings. The lowest BCUT2D eigenvalue weighted by atomic mass is 9.99. The minimum atomic E-state index is -0.298. The van der Waals surface area contributed by atoms with Crippen molar-refractivity contribution in [3.8, 4) is 0 Å². The van der Waals surface area contributed by atoms with Crippen LogP contribution in [0, 0.1) is 0 Å². The van der Waals surface area contributed by atoms with Crippen molar-refractivity contribution in [2.24, 2.45) is 7.05 Å². The van der Waals surface area contributed by atoms with E-state index in [4.69, 9.17) is 4.74 Å². The monoisotopic (exact) mass is 267 g/mol. The highest BCUT2D eigenvalue weighted by atomic mass is 16.5. The summed E-state index contributed by atoms with van der Waals surface area (Å²) >= 11 is 0. The van der Waals surface area contributed by atoms with Gasteiger partial charge in [0.1, 0.15) is 5.56 Å². The first kappa shape index (κ1) is 15.7. The van der Waals surface area contributed by atoms with Gasteiger partial charge in [0.15, 0.2) is 0 Å². The highest BCUT2D eigenvalue weighted by molar-refractivity contribution is 5.90. The molecule has 1 heterocycles. The van der Waals surface area contributed by atoms with Crippen LogP contribution in [0.15, 0.2) is 6.20 Å². The second-order valence-electron chi connectivity index (χ2n) is 5.37. The Labute approximate surface area is 115 Å². The second kappa shape index (κ2) is 6.19. The lowest BCUT2D eigenvalue weighted by molar-refractivity contribution is 0.0521. The highest BCUT2D eigenvalue weighted by Crippen LogP contribution is 2.20. The van der Waals surface area contributed by atoms with Gasteiger partial charge in [-0.05, 0) is 34.2 Å². The van der Waals surface area contributed by atoms with Crippen LogP contribution in [0.4, 0.5) is 0 Å². The molecule has 19 heavy (non-hydrogen) atoms. The number of nitrogens with zero attached hydrogens (tertiary/aromatic N) is 3. The number of carbonyl (C=O) groups excluding carboxylic acids is 1. The van der Waals surface area contributed by atoms with E-state index < -0.39 is 0 Å². The maximum Gasteiger partial charge on any atom is 0.341 e. The van der Waals surface area contributed by atoms with Gasteiger partial charge in [-0.2, -0.15) is 5.10 Å². The zero-order valence-electron chi connectivity index (χ0n) is 12.9. The van der Waals surface area contributed by atoms with Gasteiger partial charge >= 0.3 is 5.97 Å². The molecule has 0 aromatic carbocycles. The van der Waals surface area contributed by atoms with E-state index in [0.717, 1.165) is 12.1 Å². The van der Waals surface area contributed by atoms with Gasteiger partial charge in [0.2, 0.25) is 0 Å². The zero-order chi connectivity index (χ0) is 14.6. The number of hydrogen-bond donors (Lipinski definition) is 0. The number of ether oxygens (including phenoxy) is 1. The van der Waals surface area contributed by atoms with E-state index in [1.807, 2.05) is 7.05 Å². The van der Waals surface area contributed by atoms with Crippen molar-refractivity contribution in [2.75, 3.05) is 13.7 Å². The molecular weight excluding hydrogens is 242 g/mol. The van der Waals surface area contributed by atoms with Crippen LogP contribution < -0.4 is 0 Å². The van der Waals surface area contributed by atoms with E-state index in [-0.39, 0.29) is 11.5 Å². The Balaban J connectivity index is 2.95. The van der Waals surface area contributed by atoms with E-state index >= 15 is 0 Å². The topological polar surface area (TPSA) is 47.4 Å². The van der Waals surface area contributed by atoms with Crippen molar-refractivity contribution >= 4 is 5.97 Å². The molecule has 0 radical (unpaired) electrons. The predicted octanol–water partition coefficient (Wildman–Crippen LogP) is 2.22. The maximum atomic E-state index is 11.9. The molecule has 0 unspecified atom stereocenters. The molecule has 0 aliphatic heterocycles. The summed E-state index contributed by atoms with van der Waals surface area (Å²) in [5.74, 6) is -0.298. The van der Waals surface area contributed by atoms with E-state index in [9.17, 15) is 4.79 Å². The first-order valence-electron chi connectivity index (χ1n) is 6.72. The molecule has 0 aliphatic carbocycles. The van der Waals surface area contributed by atoms with Crippen LogP contribution in [0.3, 0.4) is 0 Å². The smallest absolute Gasteiger partial charge is 0.341 e. The second-order valence-corrected chi connectivity index (χ2v) is 5.37. The zero-order valence-corrected chi connectivity index (χ0v) is 12.9. The van der Waals surface area contributed by atoms with Crippen LogP contribution in [0.5, 0.6) is 0 Å². The quantitative estimate of drug-likeness (QED) is 0.741. The predicted molar refractivity (Wildman–Crippen MR) is 75.0 cm³/mol. The summed E-state index contributed by atoms with van der Waals surface area (Å²) in [5, 5.41) is 4.17. The summed E-state index contributed by atoms with van der Waals surface area (Å²) in [6.07, 6.45) is 2.62. The van der Waals surface area contributed by atoms with Gasteiger partial charge in [-0.3, -0.25) is 9.58 Å². The number of aromatic nitrogens is 2. The molecule has 0 atom stereocenters. The van der Waals surface area contributed by atoms with Gasteiger partial charge in [-0.25, -0.2) is 4.79 Å². The summed E-state index contributed by atoms with van der Waals surface area (Å²) in [5.41, 5.74) is 1.53. The SMILES string of the molecule is CCOC(=O)c1cnn(C)c1CN(C)C(C)(C)CC. The van der Waals surface area contributed by atoms with Crippen LogP contribution in [0.25, 0.3) is 0 Å². The normalized spacial score (nSPS) is 11.9. The molecular formula is C14H25N3O2. The minimum absolute atomic E-state index is 0.0796. The average molecular weight is 267 g/mol. The van der Waals surface area contributed by atoms with Gasteiger partial charge in [0.05, 0.1) is 18.5 Å². The van der Waals surface area contributed by atoms with Crippen molar-refractivity contribution in [3.63, 3.8) is 0 Å². The third-order valence-electron chi connectivity index (χ3n) is 3.84. The fourth-order valence-corrected chi connectivity index (χ4v) is 1.74. The standard InChI is InChI=1S/C14H25N3O2/c1-7-14(3,4)16(5)10-12-11(9-15-17(12)6)13(18)19-8-2/h9H,7-8,10H2,1-6H3. The molecule has 108 valence electrons. The fourth-order valence-electron chi connectivity index (χ4n) is 1.74. The Bertz CT molecular complexity index is 438. The molecule has 0 bridgehead atoms. The van der Waals surface area contributed by atoms with Gasteiger partial charge < -0.3 is 4.74 Å². The lowest BCUT2D eigenvalue weighted by Gasteiger charge is -2.34. The first-order chi connectivity index (χ1) is 8.83. The Kier molecular flexibility index (Phi) is 5.11. The third-order valence-corrected chi connectivity index (χ3v) is 3.84. The molecule has 0 amide bonds. The van der Waals surface area contributed by atoms with Gasteiger partial charge in [0, 0.05) is 19.1 Å². The summed E-state index contributed by atoms with van der Waals surface area (Å²) in [6.45, 7) is 9.39. The van der Waals surface area contributed by atoms with Gasteiger partial charge in [0.25, 0.3) is 0 Å². The van der Waals surface area contributed by atoms with E-state index in [1.165, 1.54) is 0 Å². The van der Waals surface area contributed by atoms with Gasteiger partial charge in [-0.15, -0.1) is 0 Å². The summed E-state index contributed by atoms with van der Waals surface area (Å²) in [4.78, 5) is 14.1. The first-order valence-corrected chi connectivity index (χ1v) is 6.72. The third kappa shape index (κ3) is 3.56. The van der Waals surface area contributed by atoms with E-state index in [2.05, 4.69) is 37.8 Å². The molecule has 1 aromatic heterocycles. The van der Waals surface area contributed by atoms with E-state index in [1.54, 1.807) is 17.8 Å². The Morgan fingerprint density at radius 1 is 1.47 bits per heavy atom. The largest absolute Gasteiger partial charge is 0.462 e. The van der Waals surface area contributed by atoms with Crippen molar-refractivity contribution in [1.29, 1.82) is 0 Å². The fraction of sp³-hybridized carbons (Fsp3) is 0.714. The van der Waals surface area contributed by atoms with Crippen LogP contribution in [-0.4, -0.2) is 39.8 Å². The van der Waals surface area contributed by atoms with E-state index in [0.29, 0.717) is 18.7 Å². The molecule has 0 saturated carbocycles. The molecule has 1 rings (SSSR count). The number of aryl methyl sites for hydroxylation is 1. The van der Waals surface area contributed by atoms with Crippen LogP contribution in [0.2, 0.25) is 0 Å². The molecule has 5 heteroatoms. The van der Waals surface area contributed by atoms with Crippen molar-refractivity contribution in [1.82, 2.24) is 14.7 Å². The summed E-state index contributed by atoms with van der Waals surface area (Å²) in [6, 6.07) is 0. The summed E-state index contributed by atoms with van der Waals surface area (Å²) < 4.78 is 6.81. The molecule has 0 spiro atoms. The molecule has 5 nitrogen and oxygen atoms in total. The summed E-state index contributed by atoms with van der Waals surface area (Å²) in [7, 11) is 3.91. The number of esters is 1. The molecule has 0 saturated heterocycles. The van der Waals surface area contributed by atoms with Crippen molar-refractivity contribution in [3.05, 3.63) is 17.5 Å². The number of hydrogen-bond acceptors (Lipinski definition) is 4. The van der Waals surface area contributed by atoms with Crippen molar-refractivity contribution < 1.29 is 9.53 Å². The average Bonchev–Trinajstić information content (AvgIpc) is 2.71. The number of carbonyl (C=O) groups is 1. The number of rotatable bonds is 6. The lowest BCUT2D eigenvalue weighted by Crippen LogP contribution is -2.40.